The van der Waals surface area contributed by atoms with Crippen molar-refractivity contribution in [1.29, 1.82) is 0 Å². The summed E-state index contributed by atoms with van der Waals surface area (Å²) in [4.78, 5) is 39.9. The van der Waals surface area contributed by atoms with Crippen LogP contribution in [0.4, 0.5) is 0 Å². The lowest BCUT2D eigenvalue weighted by atomic mass is 10.2. The predicted molar refractivity (Wildman–Crippen MR) is 121 cm³/mol. The van der Waals surface area contributed by atoms with Crippen LogP contribution in [0.25, 0.3) is 21.1 Å². The van der Waals surface area contributed by atoms with E-state index < -0.39 is 0 Å². The maximum Gasteiger partial charge on any atom is 0.262 e. The molecule has 9 heteroatoms. The molecule has 0 amide bonds. The summed E-state index contributed by atoms with van der Waals surface area (Å²) in [5.41, 5.74) is 1.72. The maximum absolute atomic E-state index is 12.9. The molecule has 0 saturated carbocycles. The topological polar surface area (TPSA) is 80.6 Å². The predicted octanol–water partition coefficient (Wildman–Crippen LogP) is 4.26. The van der Waals surface area contributed by atoms with Crippen LogP contribution in [-0.2, 0) is 25.1 Å². The zero-order chi connectivity index (χ0) is 20.1. The van der Waals surface area contributed by atoms with Crippen molar-refractivity contribution < 1.29 is 0 Å². The van der Waals surface area contributed by atoms with E-state index in [4.69, 9.17) is 0 Å². The highest BCUT2D eigenvalue weighted by Crippen LogP contribution is 2.34. The van der Waals surface area contributed by atoms with Gasteiger partial charge in [0.15, 0.2) is 5.16 Å². The Morgan fingerprint density at radius 1 is 1.28 bits per heavy atom. The second kappa shape index (κ2) is 7.37. The van der Waals surface area contributed by atoms with Gasteiger partial charge in [-0.2, -0.15) is 0 Å². The average Bonchev–Trinajstić information content (AvgIpc) is 3.28. The lowest BCUT2D eigenvalue weighted by Crippen LogP contribution is -2.22. The van der Waals surface area contributed by atoms with Crippen molar-refractivity contribution >= 4 is 60.1 Å². The number of aromatic amines is 1. The third kappa shape index (κ3) is 3.25. The van der Waals surface area contributed by atoms with E-state index in [0.717, 1.165) is 34.0 Å². The van der Waals surface area contributed by atoms with E-state index >= 15 is 0 Å². The van der Waals surface area contributed by atoms with Crippen molar-refractivity contribution in [3.8, 4) is 0 Å². The maximum atomic E-state index is 12.9. The number of aryl methyl sites for hydroxylation is 2. The van der Waals surface area contributed by atoms with Gasteiger partial charge in [-0.1, -0.05) is 27.7 Å². The molecule has 4 aromatic rings. The molecule has 0 fully saturated rings. The fraction of sp³-hybridized carbons (Fsp3) is 0.300. The molecule has 3 aromatic heterocycles. The van der Waals surface area contributed by atoms with Crippen LogP contribution in [0.3, 0.4) is 0 Å². The minimum atomic E-state index is -0.0621. The zero-order valence-corrected chi connectivity index (χ0v) is 18.8. The molecule has 1 aliphatic rings. The van der Waals surface area contributed by atoms with Crippen LogP contribution in [0.5, 0.6) is 0 Å². The molecule has 1 aromatic carbocycles. The fourth-order valence-corrected chi connectivity index (χ4v) is 6.39. The molecule has 0 saturated heterocycles. The second-order valence-electron chi connectivity index (χ2n) is 6.94. The molecular formula is C20H17BrN4O2S2. The number of hydrogen-bond donors (Lipinski definition) is 1. The number of aromatic nitrogens is 4. The lowest BCUT2D eigenvalue weighted by molar-refractivity contribution is 0.634. The standard InChI is InChI=1S/C20H17BrN4O2S2/c1-2-25-19(27)12-8-10(21)6-7-13(12)22-20(25)28-9-15-23-17(26)16-11-4-3-5-14(11)29-18(16)24-15/h6-8H,2-5,9H2,1H3,(H,23,24,26). The molecule has 1 aliphatic carbocycles. The summed E-state index contributed by atoms with van der Waals surface area (Å²) in [6, 6.07) is 5.51. The highest BCUT2D eigenvalue weighted by molar-refractivity contribution is 9.10. The number of nitrogens with zero attached hydrogens (tertiary/aromatic N) is 3. The van der Waals surface area contributed by atoms with E-state index in [9.17, 15) is 9.59 Å². The first-order valence-corrected chi connectivity index (χ1v) is 12.0. The average molecular weight is 489 g/mol. The molecule has 3 heterocycles. The van der Waals surface area contributed by atoms with E-state index in [2.05, 4.69) is 30.9 Å². The first kappa shape index (κ1) is 19.0. The largest absolute Gasteiger partial charge is 0.309 e. The lowest BCUT2D eigenvalue weighted by Gasteiger charge is -2.11. The highest BCUT2D eigenvalue weighted by Gasteiger charge is 2.21. The molecule has 0 unspecified atom stereocenters. The first-order valence-electron chi connectivity index (χ1n) is 9.41. The fourth-order valence-electron chi connectivity index (χ4n) is 3.81. The summed E-state index contributed by atoms with van der Waals surface area (Å²) in [6.45, 7) is 2.45. The molecule has 5 rings (SSSR count). The van der Waals surface area contributed by atoms with Gasteiger partial charge in [-0.15, -0.1) is 11.3 Å². The van der Waals surface area contributed by atoms with Gasteiger partial charge in [-0.25, -0.2) is 9.97 Å². The van der Waals surface area contributed by atoms with E-state index in [1.807, 2.05) is 19.1 Å². The monoisotopic (exact) mass is 488 g/mol. The van der Waals surface area contributed by atoms with Crippen LogP contribution in [0, 0.1) is 0 Å². The number of benzene rings is 1. The molecule has 0 aliphatic heterocycles. The Balaban J connectivity index is 1.51. The molecule has 6 nitrogen and oxygen atoms in total. The quantitative estimate of drug-likeness (QED) is 0.342. The third-order valence-electron chi connectivity index (χ3n) is 5.16. The summed E-state index contributed by atoms with van der Waals surface area (Å²) < 4.78 is 2.51. The smallest absolute Gasteiger partial charge is 0.262 e. The third-order valence-corrected chi connectivity index (χ3v) is 7.83. The zero-order valence-electron chi connectivity index (χ0n) is 15.6. The number of rotatable bonds is 4. The minimum Gasteiger partial charge on any atom is -0.309 e. The number of halogens is 1. The number of hydrogen-bond acceptors (Lipinski definition) is 6. The molecule has 0 spiro atoms. The Hall–Kier alpha value is -1.97. The van der Waals surface area contributed by atoms with Crippen molar-refractivity contribution in [2.75, 3.05) is 0 Å². The minimum absolute atomic E-state index is 0.0609. The first-order chi connectivity index (χ1) is 14.0. The molecule has 0 bridgehead atoms. The summed E-state index contributed by atoms with van der Waals surface area (Å²) in [6.07, 6.45) is 3.13. The van der Waals surface area contributed by atoms with Gasteiger partial charge in [0.05, 0.1) is 22.0 Å². The van der Waals surface area contributed by atoms with Crippen molar-refractivity contribution in [1.82, 2.24) is 19.5 Å². The van der Waals surface area contributed by atoms with Crippen molar-refractivity contribution in [3.63, 3.8) is 0 Å². The molecule has 0 radical (unpaired) electrons. The van der Waals surface area contributed by atoms with Crippen LogP contribution in [0.2, 0.25) is 0 Å². The Kier molecular flexibility index (Phi) is 4.84. The van der Waals surface area contributed by atoms with Gasteiger partial charge < -0.3 is 4.98 Å². The van der Waals surface area contributed by atoms with Gasteiger partial charge >= 0.3 is 0 Å². The molecule has 0 atom stereocenters. The van der Waals surface area contributed by atoms with E-state index in [1.54, 1.807) is 22.0 Å². The van der Waals surface area contributed by atoms with Crippen molar-refractivity contribution in [2.24, 2.45) is 0 Å². The summed E-state index contributed by atoms with van der Waals surface area (Å²) in [7, 11) is 0. The van der Waals surface area contributed by atoms with Crippen LogP contribution in [0.1, 0.15) is 29.6 Å². The number of fused-ring (bicyclic) bond motifs is 4. The van der Waals surface area contributed by atoms with E-state index in [1.165, 1.54) is 22.2 Å². The van der Waals surface area contributed by atoms with Crippen LogP contribution in [-0.4, -0.2) is 19.5 Å². The van der Waals surface area contributed by atoms with Crippen LogP contribution < -0.4 is 11.1 Å². The molecule has 1 N–H and O–H groups in total. The Morgan fingerprint density at radius 2 is 2.14 bits per heavy atom. The summed E-state index contributed by atoms with van der Waals surface area (Å²) in [5.74, 6) is 1.06. The van der Waals surface area contributed by atoms with Gasteiger partial charge in [-0.05, 0) is 49.9 Å². The number of nitrogens with one attached hydrogen (secondary N) is 1. The van der Waals surface area contributed by atoms with Gasteiger partial charge in [0.25, 0.3) is 11.1 Å². The SMILES string of the molecule is CCn1c(SCc2nc3sc4c(c3c(=O)[nH]2)CCC4)nc2ccc(Br)cc2c1=O. The van der Waals surface area contributed by atoms with E-state index in [0.29, 0.717) is 34.2 Å². The van der Waals surface area contributed by atoms with Gasteiger partial charge in [-0.3, -0.25) is 14.2 Å². The molecule has 148 valence electrons. The van der Waals surface area contributed by atoms with Crippen molar-refractivity contribution in [2.45, 2.75) is 43.6 Å². The normalized spacial score (nSPS) is 13.4. The molecular weight excluding hydrogens is 472 g/mol. The van der Waals surface area contributed by atoms with Crippen LogP contribution >= 0.6 is 39.0 Å². The summed E-state index contributed by atoms with van der Waals surface area (Å²) in [5, 5.41) is 1.98. The Morgan fingerprint density at radius 3 is 2.97 bits per heavy atom. The van der Waals surface area contributed by atoms with Crippen molar-refractivity contribution in [3.05, 3.63) is 59.6 Å². The van der Waals surface area contributed by atoms with Gasteiger partial charge in [0, 0.05) is 15.9 Å². The van der Waals surface area contributed by atoms with Crippen LogP contribution in [0.15, 0.2) is 37.4 Å². The Labute approximate surface area is 182 Å². The number of H-pyrrole nitrogens is 1. The van der Waals surface area contributed by atoms with Gasteiger partial charge in [0.1, 0.15) is 10.7 Å². The molecule has 29 heavy (non-hydrogen) atoms. The highest BCUT2D eigenvalue weighted by atomic mass is 79.9. The summed E-state index contributed by atoms with van der Waals surface area (Å²) >= 11 is 6.47. The number of thiophene rings is 1. The Bertz CT molecular complexity index is 1390. The van der Waals surface area contributed by atoms with E-state index in [-0.39, 0.29) is 11.1 Å². The number of thioether (sulfide) groups is 1. The van der Waals surface area contributed by atoms with Gasteiger partial charge in [0.2, 0.25) is 0 Å². The second-order valence-corrected chi connectivity index (χ2v) is 9.89.